The third-order valence-electron chi connectivity index (χ3n) is 3.69. The molecule has 2 N–H and O–H groups in total. The zero-order valence-electron chi connectivity index (χ0n) is 13.8. The fraction of sp³-hybridized carbons (Fsp3) is 0.263. The van der Waals surface area contributed by atoms with Gasteiger partial charge in [0.1, 0.15) is 17.0 Å². The second-order valence-corrected chi connectivity index (χ2v) is 7.07. The summed E-state index contributed by atoms with van der Waals surface area (Å²) in [7, 11) is 0. The number of aromatic nitrogens is 3. The van der Waals surface area contributed by atoms with Crippen LogP contribution in [0.2, 0.25) is 0 Å². The topological polar surface area (TPSA) is 61.8 Å². The molecule has 124 valence electrons. The lowest BCUT2D eigenvalue weighted by molar-refractivity contribution is 0.169. The maximum absolute atomic E-state index is 10.5. The second kappa shape index (κ2) is 7.64. The van der Waals surface area contributed by atoms with E-state index >= 15 is 0 Å². The highest BCUT2D eigenvalue weighted by atomic mass is 32.2. The monoisotopic (exact) mass is 339 g/mol. The van der Waals surface area contributed by atoms with Gasteiger partial charge in [0.15, 0.2) is 0 Å². The third-order valence-corrected chi connectivity index (χ3v) is 4.72. The van der Waals surface area contributed by atoms with Crippen molar-refractivity contribution in [2.45, 2.75) is 42.2 Å². The van der Waals surface area contributed by atoms with Crippen LogP contribution in [0.1, 0.15) is 43.0 Å². The summed E-state index contributed by atoms with van der Waals surface area (Å²) in [6.07, 6.45) is 3.33. The number of imidazole rings is 1. The van der Waals surface area contributed by atoms with Gasteiger partial charge in [0.25, 0.3) is 0 Å². The molecular formula is C19H21N3OS. The number of aliphatic hydroxyl groups excluding tert-OH is 1. The van der Waals surface area contributed by atoms with Gasteiger partial charge in [-0.25, -0.2) is 4.98 Å². The Balaban J connectivity index is 1.82. The Labute approximate surface area is 146 Å². The van der Waals surface area contributed by atoms with Crippen molar-refractivity contribution in [3.63, 3.8) is 0 Å². The van der Waals surface area contributed by atoms with Gasteiger partial charge in [0.2, 0.25) is 0 Å². The minimum absolute atomic E-state index is 0.284. The average Bonchev–Trinajstić information content (AvgIpc) is 3.01. The maximum atomic E-state index is 10.5. The highest BCUT2D eigenvalue weighted by molar-refractivity contribution is 7.99. The lowest BCUT2D eigenvalue weighted by Crippen LogP contribution is -2.04. The van der Waals surface area contributed by atoms with Crippen molar-refractivity contribution in [3.05, 3.63) is 71.9 Å². The molecule has 2 heterocycles. The summed E-state index contributed by atoms with van der Waals surface area (Å²) in [6.45, 7) is 4.23. The molecular weight excluding hydrogens is 318 g/mol. The van der Waals surface area contributed by atoms with Crippen LogP contribution in [0.5, 0.6) is 0 Å². The van der Waals surface area contributed by atoms with Crippen molar-refractivity contribution in [1.29, 1.82) is 0 Å². The van der Waals surface area contributed by atoms with E-state index < -0.39 is 6.10 Å². The van der Waals surface area contributed by atoms with E-state index in [9.17, 15) is 5.11 Å². The standard InChI is InChI=1S/C19H21N3OS/c1-13(2)17-19(24-15-8-4-3-5-9-15)22-18(21-17)16(23)11-14-7-6-10-20-12-14/h3-10,12-13,16,23H,11H2,1-2H3,(H,21,22). The van der Waals surface area contributed by atoms with Gasteiger partial charge in [-0.15, -0.1) is 0 Å². The Kier molecular flexibility index (Phi) is 5.33. The lowest BCUT2D eigenvalue weighted by atomic mass is 10.1. The number of nitrogens with one attached hydrogen (secondary N) is 1. The van der Waals surface area contributed by atoms with Crippen LogP contribution < -0.4 is 0 Å². The normalized spacial score (nSPS) is 12.5. The number of hydrogen-bond acceptors (Lipinski definition) is 4. The molecule has 1 aromatic carbocycles. The molecule has 0 aliphatic rings. The Hall–Kier alpha value is -2.11. The fourth-order valence-corrected chi connectivity index (χ4v) is 3.53. The van der Waals surface area contributed by atoms with Gasteiger partial charge < -0.3 is 10.1 Å². The highest BCUT2D eigenvalue weighted by Crippen LogP contribution is 2.33. The Morgan fingerprint density at radius 2 is 1.92 bits per heavy atom. The van der Waals surface area contributed by atoms with Gasteiger partial charge >= 0.3 is 0 Å². The van der Waals surface area contributed by atoms with E-state index in [4.69, 9.17) is 0 Å². The predicted octanol–water partition coefficient (Wildman–Crippen LogP) is 4.36. The van der Waals surface area contributed by atoms with E-state index in [0.717, 1.165) is 21.2 Å². The molecule has 0 saturated heterocycles. The summed E-state index contributed by atoms with van der Waals surface area (Å²) < 4.78 is 0. The van der Waals surface area contributed by atoms with Crippen molar-refractivity contribution in [2.24, 2.45) is 0 Å². The molecule has 0 radical (unpaired) electrons. The third kappa shape index (κ3) is 4.04. The van der Waals surface area contributed by atoms with Gasteiger partial charge in [-0.2, -0.15) is 0 Å². The molecule has 1 atom stereocenters. The molecule has 0 saturated carbocycles. The largest absolute Gasteiger partial charge is 0.385 e. The van der Waals surface area contributed by atoms with E-state index in [1.807, 2.05) is 30.3 Å². The molecule has 0 spiro atoms. The van der Waals surface area contributed by atoms with Crippen LogP contribution >= 0.6 is 11.8 Å². The summed E-state index contributed by atoms with van der Waals surface area (Å²) >= 11 is 1.65. The van der Waals surface area contributed by atoms with Crippen LogP contribution in [0, 0.1) is 0 Å². The van der Waals surface area contributed by atoms with Crippen LogP contribution in [-0.4, -0.2) is 20.1 Å². The fourth-order valence-electron chi connectivity index (χ4n) is 2.46. The van der Waals surface area contributed by atoms with Gasteiger partial charge in [-0.05, 0) is 29.7 Å². The van der Waals surface area contributed by atoms with E-state index in [-0.39, 0.29) is 5.92 Å². The minimum atomic E-state index is -0.670. The zero-order valence-corrected chi connectivity index (χ0v) is 14.6. The summed E-state index contributed by atoms with van der Waals surface area (Å²) in [5.74, 6) is 0.896. The lowest BCUT2D eigenvalue weighted by Gasteiger charge is -2.07. The van der Waals surface area contributed by atoms with Crippen molar-refractivity contribution in [1.82, 2.24) is 15.0 Å². The van der Waals surface area contributed by atoms with Gasteiger partial charge in [-0.3, -0.25) is 4.98 Å². The predicted molar refractivity (Wildman–Crippen MR) is 96.1 cm³/mol. The first-order valence-electron chi connectivity index (χ1n) is 8.03. The second-order valence-electron chi connectivity index (χ2n) is 5.99. The molecule has 2 aromatic heterocycles. The summed E-state index contributed by atoms with van der Waals surface area (Å²) in [5, 5.41) is 11.5. The van der Waals surface area contributed by atoms with Crippen LogP contribution in [-0.2, 0) is 6.42 Å². The van der Waals surface area contributed by atoms with Crippen LogP contribution in [0.15, 0.2) is 64.8 Å². The number of pyridine rings is 1. The van der Waals surface area contributed by atoms with E-state index in [0.29, 0.717) is 12.2 Å². The van der Waals surface area contributed by atoms with E-state index in [1.165, 1.54) is 0 Å². The van der Waals surface area contributed by atoms with E-state index in [1.54, 1.807) is 24.2 Å². The molecule has 0 amide bonds. The number of aliphatic hydroxyl groups is 1. The molecule has 5 heteroatoms. The summed E-state index contributed by atoms with van der Waals surface area (Å²) in [6, 6.07) is 14.0. The molecule has 1 unspecified atom stereocenters. The van der Waals surface area contributed by atoms with Crippen molar-refractivity contribution < 1.29 is 5.11 Å². The van der Waals surface area contributed by atoms with Crippen molar-refractivity contribution in [2.75, 3.05) is 0 Å². The van der Waals surface area contributed by atoms with Crippen molar-refractivity contribution >= 4 is 11.8 Å². The number of hydrogen-bond donors (Lipinski definition) is 2. The number of rotatable bonds is 6. The molecule has 24 heavy (non-hydrogen) atoms. The highest BCUT2D eigenvalue weighted by Gasteiger charge is 2.19. The summed E-state index contributed by atoms with van der Waals surface area (Å²) in [5.41, 5.74) is 1.98. The Morgan fingerprint density at radius 3 is 2.58 bits per heavy atom. The SMILES string of the molecule is CC(C)c1nc(C(O)Cc2cccnc2)[nH]c1Sc1ccccc1. The number of aromatic amines is 1. The smallest absolute Gasteiger partial charge is 0.136 e. The Bertz CT molecular complexity index is 772. The molecule has 0 aliphatic heterocycles. The molecule has 0 bridgehead atoms. The van der Waals surface area contributed by atoms with Crippen molar-refractivity contribution in [3.8, 4) is 0 Å². The quantitative estimate of drug-likeness (QED) is 0.700. The van der Waals surface area contributed by atoms with Gasteiger partial charge in [0.05, 0.1) is 5.69 Å². The molecule has 0 aliphatic carbocycles. The first-order chi connectivity index (χ1) is 11.6. The number of benzene rings is 1. The molecule has 0 fully saturated rings. The first-order valence-corrected chi connectivity index (χ1v) is 8.85. The minimum Gasteiger partial charge on any atom is -0.385 e. The summed E-state index contributed by atoms with van der Waals surface area (Å²) in [4.78, 5) is 13.2. The van der Waals surface area contributed by atoms with Gasteiger partial charge in [-0.1, -0.05) is 49.9 Å². The number of H-pyrrole nitrogens is 1. The van der Waals surface area contributed by atoms with Crippen LogP contribution in [0.3, 0.4) is 0 Å². The molecule has 4 nitrogen and oxygen atoms in total. The molecule has 3 rings (SSSR count). The molecule has 3 aromatic rings. The van der Waals surface area contributed by atoms with Crippen LogP contribution in [0.4, 0.5) is 0 Å². The first kappa shape index (κ1) is 16.7. The van der Waals surface area contributed by atoms with E-state index in [2.05, 4.69) is 40.9 Å². The Morgan fingerprint density at radius 1 is 1.12 bits per heavy atom. The maximum Gasteiger partial charge on any atom is 0.136 e. The number of nitrogens with zero attached hydrogens (tertiary/aromatic N) is 2. The average molecular weight is 339 g/mol. The zero-order chi connectivity index (χ0) is 16.9. The van der Waals surface area contributed by atoms with Crippen LogP contribution in [0.25, 0.3) is 0 Å². The van der Waals surface area contributed by atoms with Gasteiger partial charge in [0, 0.05) is 23.7 Å².